The minimum absolute atomic E-state index is 0.187. The molecule has 0 aliphatic carbocycles. The zero-order valence-corrected chi connectivity index (χ0v) is 78.6. The van der Waals surface area contributed by atoms with Crippen molar-refractivity contribution in [3.05, 3.63) is 251 Å². The van der Waals surface area contributed by atoms with Gasteiger partial charge in [0.2, 0.25) is 0 Å². The largest absolute Gasteiger partial charge is 0.0683 e. The highest BCUT2D eigenvalue weighted by Crippen LogP contribution is 2.37. The number of fused-ring (bicyclic) bond motifs is 2. The quantitative estimate of drug-likeness (QED) is 0.162. The van der Waals surface area contributed by atoms with Crippen LogP contribution in [0.25, 0.3) is 43.8 Å². The molecule has 0 fully saturated rings. The van der Waals surface area contributed by atoms with Crippen molar-refractivity contribution >= 4 is 21.5 Å². The number of hydrogen-bond acceptors (Lipinski definition) is 0. The topological polar surface area (TPSA) is 0 Å². The molecule has 0 aliphatic heterocycles. The predicted octanol–water partition coefficient (Wildman–Crippen LogP) is 35.7. The Balaban J connectivity index is -0.000000376. The van der Waals surface area contributed by atoms with Crippen molar-refractivity contribution in [2.24, 2.45) is 10.8 Å². The van der Waals surface area contributed by atoms with Crippen molar-refractivity contribution in [2.75, 3.05) is 0 Å². The number of rotatable bonds is 2. The lowest BCUT2D eigenvalue weighted by Crippen LogP contribution is -2.13. The van der Waals surface area contributed by atoms with E-state index in [-0.39, 0.29) is 37.9 Å². The maximum absolute atomic E-state index is 2.37. The molecule has 0 aliphatic rings. The molecule has 0 aromatic heterocycles. The van der Waals surface area contributed by atoms with Crippen LogP contribution in [-0.2, 0) is 43.3 Å². The molecule has 0 atom stereocenters. The van der Waals surface area contributed by atoms with Gasteiger partial charge in [0, 0.05) is 0 Å². The summed E-state index contributed by atoms with van der Waals surface area (Å²) in [5, 5.41) is 5.43. The van der Waals surface area contributed by atoms with E-state index in [9.17, 15) is 0 Å². The molecule has 9 aromatic rings. The third-order valence-electron chi connectivity index (χ3n) is 15.4. The van der Waals surface area contributed by atoms with Crippen molar-refractivity contribution < 1.29 is 0 Å². The molecular weight excluding hydrogens is 1270 g/mol. The summed E-state index contributed by atoms with van der Waals surface area (Å²) in [6, 6.07) is 74.8. The van der Waals surface area contributed by atoms with Crippen LogP contribution in [0.4, 0.5) is 0 Å². The molecular formula is C106H172. The van der Waals surface area contributed by atoms with E-state index in [4.69, 9.17) is 0 Å². The lowest BCUT2D eigenvalue weighted by molar-refractivity contribution is 0.469. The molecule has 106 heavy (non-hydrogen) atoms. The first kappa shape index (κ1) is 108. The van der Waals surface area contributed by atoms with E-state index in [1.165, 1.54) is 88.3 Å². The molecule has 0 spiro atoms. The Morgan fingerprint density at radius 2 is 0.406 bits per heavy atom. The first-order valence-electron chi connectivity index (χ1n) is 41.2. The molecule has 0 nitrogen and oxygen atoms in total. The fourth-order valence-electron chi connectivity index (χ4n) is 9.85. The van der Waals surface area contributed by atoms with Gasteiger partial charge in [-0.25, -0.2) is 0 Å². The Kier molecular flexibility index (Phi) is 52.0. The van der Waals surface area contributed by atoms with E-state index >= 15 is 0 Å². The van der Waals surface area contributed by atoms with Crippen LogP contribution in [0.15, 0.2) is 206 Å². The zero-order valence-electron chi connectivity index (χ0n) is 78.6. The van der Waals surface area contributed by atoms with Crippen LogP contribution in [-0.4, -0.2) is 0 Å². The van der Waals surface area contributed by atoms with Gasteiger partial charge in [0.25, 0.3) is 0 Å². The second-order valence-electron chi connectivity index (χ2n) is 37.0. The standard InChI is InChI=1S/C20H26.2C18H24.C16H18.C10H14.2C5H12.7C2H6/c1-19(2,3)17-11-7-9-15(13-17)16-10-8-12-18(14-16)20(4,5)6;1-17(2,3)15-9-7-13-8-10-16(18(4,5)6)12-14(13)11-15;1-17(2,3)14-11-10-13-8-7-9-16(15(13)12-14)18(4,5)6;1-16(2,3)15-12-8-7-11-14(15)13-9-5-4-6-10-13;1-10(2,3)9-7-5-4-6-8-9;2*1-5(2,3)4;7*1-2/h7-14H,1-6H3;2*7-12H,1-6H3;4-12H,1-3H3;4-8H,1-3H3;2*1-4H3;7*1-2H3. The second-order valence-corrected chi connectivity index (χ2v) is 37.0. The van der Waals surface area contributed by atoms with E-state index in [2.05, 4.69) is 428 Å². The lowest BCUT2D eigenvalue weighted by Gasteiger charge is -2.24. The van der Waals surface area contributed by atoms with E-state index in [0.29, 0.717) is 16.2 Å². The molecule has 0 heterocycles. The highest BCUT2D eigenvalue weighted by molar-refractivity contribution is 5.88. The number of benzene rings is 9. The Labute approximate surface area is 663 Å². The summed E-state index contributed by atoms with van der Waals surface area (Å²) < 4.78 is 0. The predicted molar refractivity (Wildman–Crippen MR) is 497 cm³/mol. The Morgan fingerprint density at radius 3 is 0.717 bits per heavy atom. The van der Waals surface area contributed by atoms with Crippen molar-refractivity contribution in [3.63, 3.8) is 0 Å². The van der Waals surface area contributed by atoms with Crippen LogP contribution in [0.1, 0.15) is 363 Å². The summed E-state index contributed by atoms with van der Waals surface area (Å²) >= 11 is 0. The number of hydrogen-bond donors (Lipinski definition) is 0. The minimum Gasteiger partial charge on any atom is -0.0683 e. The molecule has 0 saturated carbocycles. The smallest absolute Gasteiger partial charge is 0.0126 e. The molecule has 9 rings (SSSR count). The summed E-state index contributed by atoms with van der Waals surface area (Å²) in [4.78, 5) is 0. The van der Waals surface area contributed by atoms with Crippen molar-refractivity contribution in [1.82, 2.24) is 0 Å². The minimum atomic E-state index is 0.187. The van der Waals surface area contributed by atoms with E-state index in [0.717, 1.165) is 0 Å². The Bertz CT molecular complexity index is 3510. The van der Waals surface area contributed by atoms with Crippen LogP contribution in [0.3, 0.4) is 0 Å². The van der Waals surface area contributed by atoms with Crippen molar-refractivity contribution in [2.45, 2.75) is 362 Å². The van der Waals surface area contributed by atoms with Gasteiger partial charge >= 0.3 is 0 Å². The average molecular weight is 1450 g/mol. The molecule has 596 valence electrons. The summed E-state index contributed by atoms with van der Waals surface area (Å²) in [7, 11) is 0. The molecule has 0 unspecified atom stereocenters. The fraction of sp³-hybridized carbons (Fsp3) is 0.528. The summed E-state index contributed by atoms with van der Waals surface area (Å²) in [6.45, 7) is 99.8. The first-order chi connectivity index (χ1) is 48.7. The molecule has 0 amide bonds. The van der Waals surface area contributed by atoms with Gasteiger partial charge < -0.3 is 0 Å². The van der Waals surface area contributed by atoms with Gasteiger partial charge in [0.05, 0.1) is 0 Å². The molecule has 9 aromatic carbocycles. The highest BCUT2D eigenvalue weighted by Gasteiger charge is 2.22. The van der Waals surface area contributed by atoms with Gasteiger partial charge in [0.1, 0.15) is 0 Å². The summed E-state index contributed by atoms with van der Waals surface area (Å²) in [5.74, 6) is 0. The van der Waals surface area contributed by atoms with Crippen molar-refractivity contribution in [3.8, 4) is 22.3 Å². The first-order valence-corrected chi connectivity index (χ1v) is 41.2. The molecule has 0 bridgehead atoms. The molecule has 0 saturated heterocycles. The van der Waals surface area contributed by atoms with Crippen LogP contribution in [0.5, 0.6) is 0 Å². The summed E-state index contributed by atoms with van der Waals surface area (Å²) in [5.41, 5.74) is 19.2. The van der Waals surface area contributed by atoms with E-state index < -0.39 is 0 Å². The lowest BCUT2D eigenvalue weighted by atomic mass is 9.80. The second kappa shape index (κ2) is 51.0. The van der Waals surface area contributed by atoms with E-state index in [1.54, 1.807) is 0 Å². The van der Waals surface area contributed by atoms with Crippen LogP contribution < -0.4 is 0 Å². The normalized spacial score (nSPS) is 11.1. The van der Waals surface area contributed by atoms with Gasteiger partial charge in [-0.3, -0.25) is 0 Å². The monoisotopic (exact) mass is 1450 g/mol. The van der Waals surface area contributed by atoms with Gasteiger partial charge in [-0.15, -0.1) is 0 Å². The Morgan fingerprint density at radius 1 is 0.160 bits per heavy atom. The van der Waals surface area contributed by atoms with Gasteiger partial charge in [0.15, 0.2) is 0 Å². The summed E-state index contributed by atoms with van der Waals surface area (Å²) in [6.07, 6.45) is 0. The van der Waals surface area contributed by atoms with Gasteiger partial charge in [-0.05, 0) is 142 Å². The fourth-order valence-corrected chi connectivity index (χ4v) is 9.85. The molecule has 0 heteroatoms. The third-order valence-corrected chi connectivity index (χ3v) is 15.4. The maximum Gasteiger partial charge on any atom is -0.0126 e. The van der Waals surface area contributed by atoms with Gasteiger partial charge in [-0.2, -0.15) is 0 Å². The van der Waals surface area contributed by atoms with Crippen LogP contribution in [0.2, 0.25) is 0 Å². The maximum atomic E-state index is 2.37. The van der Waals surface area contributed by atoms with Gasteiger partial charge in [-0.1, -0.05) is 525 Å². The SMILES string of the molecule is CC.CC.CC.CC.CC.CC.CC.CC(C)(C)C.CC(C)(C)C.CC(C)(C)c1ccc2ccc(C(C)(C)C)cc2c1.CC(C)(C)c1ccc2cccc(C(C)(C)C)c2c1.CC(C)(C)c1cccc(-c2cccc(C(C)(C)C)c2)c1.CC(C)(C)c1ccccc1.CC(C)(C)c1ccccc1-c1ccccc1. The average Bonchev–Trinajstić information content (AvgIpc) is 0.796. The van der Waals surface area contributed by atoms with Crippen LogP contribution in [0, 0.1) is 10.8 Å². The van der Waals surface area contributed by atoms with E-state index in [1.807, 2.05) is 96.9 Å². The van der Waals surface area contributed by atoms with Crippen molar-refractivity contribution in [1.29, 1.82) is 0 Å². The molecule has 0 radical (unpaired) electrons. The van der Waals surface area contributed by atoms with Crippen LogP contribution >= 0.6 is 0 Å². The highest BCUT2D eigenvalue weighted by atomic mass is 14.3. The zero-order chi connectivity index (χ0) is 84.3. The third kappa shape index (κ3) is 45.3. The Hall–Kier alpha value is -6.50. The molecule has 0 N–H and O–H groups in total.